The minimum atomic E-state index is -0.514. The molecule has 1 N–H and O–H groups in total. The van der Waals surface area contributed by atoms with Gasteiger partial charge in [0.15, 0.2) is 0 Å². The van der Waals surface area contributed by atoms with Crippen LogP contribution in [0.2, 0.25) is 0 Å². The lowest BCUT2D eigenvalue weighted by Gasteiger charge is -1.99. The van der Waals surface area contributed by atoms with Gasteiger partial charge in [0, 0.05) is 13.1 Å². The van der Waals surface area contributed by atoms with Gasteiger partial charge in [0.05, 0.1) is 22.5 Å². The third-order valence-corrected chi connectivity index (χ3v) is 3.45. The van der Waals surface area contributed by atoms with E-state index < -0.39 is 4.92 Å². The topological polar surface area (TPSA) is 128 Å². The lowest BCUT2D eigenvalue weighted by molar-refractivity contribution is -0.385. The molecule has 0 aliphatic carbocycles. The number of hydrazone groups is 1. The minimum absolute atomic E-state index is 0.0719. The number of rotatable bonds is 6. The fourth-order valence-corrected chi connectivity index (χ4v) is 2.09. The van der Waals surface area contributed by atoms with Gasteiger partial charge < -0.3 is 0 Å². The maximum absolute atomic E-state index is 11.6. The summed E-state index contributed by atoms with van der Waals surface area (Å²) in [5.74, 6) is -0.301. The van der Waals surface area contributed by atoms with E-state index in [1.54, 1.807) is 19.2 Å². The van der Waals surface area contributed by atoms with Crippen LogP contribution in [-0.2, 0) is 11.8 Å². The standard InChI is InChI=1S/C11H11N7O3S/c1-17-11(14-15-16-17)22-7-10(19)13-12-6-8-4-2-3-5-9(8)18(20)21/h2-6H,7H2,1H3,(H,13,19)/b12-6+. The second-order valence-corrected chi connectivity index (χ2v) is 4.93. The van der Waals surface area contributed by atoms with E-state index in [1.165, 1.54) is 23.0 Å². The van der Waals surface area contributed by atoms with Crippen LogP contribution >= 0.6 is 11.8 Å². The average molecular weight is 321 g/mol. The van der Waals surface area contributed by atoms with Crippen LogP contribution in [-0.4, -0.2) is 43.0 Å². The fraction of sp³-hybridized carbons (Fsp3) is 0.182. The Labute approximate surface area is 128 Å². The van der Waals surface area contributed by atoms with Crippen LogP contribution in [0.3, 0.4) is 0 Å². The first kappa shape index (κ1) is 15.6. The smallest absolute Gasteiger partial charge is 0.272 e. The average Bonchev–Trinajstić information content (AvgIpc) is 2.91. The lowest BCUT2D eigenvalue weighted by Crippen LogP contribution is -2.20. The van der Waals surface area contributed by atoms with Gasteiger partial charge in [-0.05, 0) is 16.5 Å². The third kappa shape index (κ3) is 4.09. The van der Waals surface area contributed by atoms with Crippen LogP contribution < -0.4 is 5.43 Å². The molecule has 0 saturated carbocycles. The number of tetrazole rings is 1. The molecule has 2 aromatic rings. The second kappa shape index (κ2) is 7.26. The van der Waals surface area contributed by atoms with Crippen molar-refractivity contribution < 1.29 is 9.72 Å². The van der Waals surface area contributed by atoms with Crippen molar-refractivity contribution in [3.05, 3.63) is 39.9 Å². The van der Waals surface area contributed by atoms with Gasteiger partial charge in [0.1, 0.15) is 0 Å². The highest BCUT2D eigenvalue weighted by atomic mass is 32.2. The van der Waals surface area contributed by atoms with Gasteiger partial charge in [0.25, 0.3) is 11.6 Å². The predicted octanol–water partition coefficient (Wildman–Crippen LogP) is 0.361. The molecule has 1 aromatic heterocycles. The zero-order valence-electron chi connectivity index (χ0n) is 11.4. The van der Waals surface area contributed by atoms with Crippen molar-refractivity contribution >= 4 is 29.6 Å². The number of aryl methyl sites for hydroxylation is 1. The number of amides is 1. The summed E-state index contributed by atoms with van der Waals surface area (Å²) in [6, 6.07) is 6.10. The molecule has 0 bridgehead atoms. The molecule has 0 aliphatic rings. The number of nitrogens with one attached hydrogen (secondary N) is 1. The molecule has 11 heteroatoms. The fourth-order valence-electron chi connectivity index (χ4n) is 1.44. The van der Waals surface area contributed by atoms with Crippen molar-refractivity contribution in [3.8, 4) is 0 Å². The molecular weight excluding hydrogens is 310 g/mol. The first-order valence-corrected chi connectivity index (χ1v) is 6.97. The highest BCUT2D eigenvalue weighted by Gasteiger charge is 2.10. The first-order chi connectivity index (χ1) is 10.6. The van der Waals surface area contributed by atoms with Crippen LogP contribution in [0.15, 0.2) is 34.5 Å². The normalized spacial score (nSPS) is 10.8. The van der Waals surface area contributed by atoms with Gasteiger partial charge in [-0.1, -0.05) is 23.9 Å². The van der Waals surface area contributed by atoms with Crippen molar-refractivity contribution in [1.82, 2.24) is 25.6 Å². The van der Waals surface area contributed by atoms with Crippen LogP contribution in [0.1, 0.15) is 5.56 Å². The van der Waals surface area contributed by atoms with E-state index in [9.17, 15) is 14.9 Å². The summed E-state index contributed by atoms with van der Waals surface area (Å²) in [5, 5.41) is 25.8. The molecule has 0 unspecified atom stereocenters. The van der Waals surface area contributed by atoms with Crippen LogP contribution in [0, 0.1) is 10.1 Å². The van der Waals surface area contributed by atoms with E-state index in [2.05, 4.69) is 26.1 Å². The van der Waals surface area contributed by atoms with E-state index in [0.29, 0.717) is 10.7 Å². The molecule has 1 amide bonds. The molecule has 2 rings (SSSR count). The van der Waals surface area contributed by atoms with E-state index in [1.807, 2.05) is 0 Å². The molecular formula is C11H11N7O3S. The number of nitro benzene ring substituents is 1. The minimum Gasteiger partial charge on any atom is -0.272 e. The Bertz CT molecular complexity index is 715. The van der Waals surface area contributed by atoms with Crippen LogP contribution in [0.4, 0.5) is 5.69 Å². The lowest BCUT2D eigenvalue weighted by atomic mass is 10.2. The Balaban J connectivity index is 1.88. The highest BCUT2D eigenvalue weighted by molar-refractivity contribution is 7.99. The molecule has 10 nitrogen and oxygen atoms in total. The van der Waals surface area contributed by atoms with Gasteiger partial charge in [-0.3, -0.25) is 14.9 Å². The summed E-state index contributed by atoms with van der Waals surface area (Å²) >= 11 is 1.15. The number of para-hydroxylation sites is 1. The van der Waals surface area contributed by atoms with E-state index >= 15 is 0 Å². The molecule has 0 radical (unpaired) electrons. The SMILES string of the molecule is Cn1nnnc1SCC(=O)N/N=C/c1ccccc1[N+](=O)[O-]. The van der Waals surface area contributed by atoms with Crippen molar-refractivity contribution in [1.29, 1.82) is 0 Å². The number of hydrogen-bond donors (Lipinski definition) is 1. The molecule has 0 atom stereocenters. The maximum Gasteiger partial charge on any atom is 0.278 e. The molecule has 0 saturated heterocycles. The van der Waals surface area contributed by atoms with Gasteiger partial charge >= 0.3 is 0 Å². The van der Waals surface area contributed by atoms with Crippen LogP contribution in [0.25, 0.3) is 0 Å². The molecule has 0 fully saturated rings. The van der Waals surface area contributed by atoms with Crippen molar-refractivity contribution in [3.63, 3.8) is 0 Å². The van der Waals surface area contributed by atoms with Crippen molar-refractivity contribution in [2.75, 3.05) is 5.75 Å². The predicted molar refractivity (Wildman–Crippen MR) is 78.4 cm³/mol. The number of benzene rings is 1. The number of carbonyl (C=O) groups excluding carboxylic acids is 1. The van der Waals surface area contributed by atoms with Gasteiger partial charge in [-0.15, -0.1) is 5.10 Å². The van der Waals surface area contributed by atoms with Gasteiger partial charge in [0.2, 0.25) is 5.16 Å². The Kier molecular flexibility index (Phi) is 5.14. The molecule has 1 heterocycles. The summed E-state index contributed by atoms with van der Waals surface area (Å²) in [6.45, 7) is 0. The summed E-state index contributed by atoms with van der Waals surface area (Å²) in [6.07, 6.45) is 1.23. The summed E-state index contributed by atoms with van der Waals surface area (Å²) in [4.78, 5) is 21.9. The van der Waals surface area contributed by atoms with E-state index in [4.69, 9.17) is 0 Å². The summed E-state index contributed by atoms with van der Waals surface area (Å²) in [7, 11) is 1.66. The maximum atomic E-state index is 11.6. The Morgan fingerprint density at radius 2 is 2.32 bits per heavy atom. The highest BCUT2D eigenvalue weighted by Crippen LogP contribution is 2.15. The second-order valence-electron chi connectivity index (χ2n) is 3.98. The first-order valence-electron chi connectivity index (χ1n) is 5.98. The zero-order chi connectivity index (χ0) is 15.9. The van der Waals surface area contributed by atoms with E-state index in [0.717, 1.165) is 11.8 Å². The summed E-state index contributed by atoms with van der Waals surface area (Å²) in [5.41, 5.74) is 2.51. The number of nitrogens with zero attached hydrogens (tertiary/aromatic N) is 6. The number of nitro groups is 1. The molecule has 0 aliphatic heterocycles. The number of hydrogen-bond acceptors (Lipinski definition) is 8. The van der Waals surface area contributed by atoms with Gasteiger partial charge in [-0.2, -0.15) is 5.10 Å². The Morgan fingerprint density at radius 3 is 3.00 bits per heavy atom. The molecule has 22 heavy (non-hydrogen) atoms. The quantitative estimate of drug-likeness (QED) is 0.352. The Morgan fingerprint density at radius 1 is 1.55 bits per heavy atom. The zero-order valence-corrected chi connectivity index (χ0v) is 12.2. The largest absolute Gasteiger partial charge is 0.278 e. The van der Waals surface area contributed by atoms with Crippen molar-refractivity contribution in [2.45, 2.75) is 5.16 Å². The number of carbonyl (C=O) groups is 1. The molecule has 1 aromatic carbocycles. The number of aromatic nitrogens is 4. The van der Waals surface area contributed by atoms with E-state index in [-0.39, 0.29) is 17.3 Å². The number of thioether (sulfide) groups is 1. The monoisotopic (exact) mass is 321 g/mol. The van der Waals surface area contributed by atoms with Crippen LogP contribution in [0.5, 0.6) is 0 Å². The Hall–Kier alpha value is -2.82. The third-order valence-electron chi connectivity index (χ3n) is 2.44. The molecule has 0 spiro atoms. The van der Waals surface area contributed by atoms with Gasteiger partial charge in [-0.25, -0.2) is 10.1 Å². The summed E-state index contributed by atoms with van der Waals surface area (Å²) < 4.78 is 1.44. The van der Waals surface area contributed by atoms with Crippen molar-refractivity contribution in [2.24, 2.45) is 12.1 Å². The molecule has 114 valence electrons.